The molecule has 5 heteroatoms. The van der Waals surface area contributed by atoms with E-state index in [-0.39, 0.29) is 0 Å². The normalized spacial score (nSPS) is 10.4. The third-order valence-electron chi connectivity index (χ3n) is 2.97. The Kier molecular flexibility index (Phi) is 4.50. The molecule has 2 rings (SSSR count). The van der Waals surface area contributed by atoms with Crippen LogP contribution in [-0.2, 0) is 0 Å². The summed E-state index contributed by atoms with van der Waals surface area (Å²) in [4.78, 5) is 8.20. The van der Waals surface area contributed by atoms with Gasteiger partial charge in [0.2, 0.25) is 5.95 Å². The van der Waals surface area contributed by atoms with E-state index in [0.29, 0.717) is 11.6 Å². The third kappa shape index (κ3) is 3.04. The lowest BCUT2D eigenvalue weighted by Crippen LogP contribution is -2.06. The lowest BCUT2D eigenvalue weighted by Gasteiger charge is -2.10. The molecule has 0 amide bonds. The lowest BCUT2D eigenvalue weighted by molar-refractivity contribution is 0.414. The maximum atomic E-state index is 14.0. The van der Waals surface area contributed by atoms with Crippen LogP contribution >= 0.6 is 0 Å². The Balaban J connectivity index is 2.40. The van der Waals surface area contributed by atoms with Crippen molar-refractivity contribution in [3.05, 3.63) is 35.8 Å². The van der Waals surface area contributed by atoms with Gasteiger partial charge in [0.25, 0.3) is 0 Å². The number of anilines is 1. The van der Waals surface area contributed by atoms with E-state index in [1.54, 1.807) is 13.2 Å². The van der Waals surface area contributed by atoms with Crippen LogP contribution in [0.1, 0.15) is 18.9 Å². The van der Waals surface area contributed by atoms with Crippen LogP contribution in [0.25, 0.3) is 11.3 Å². The second-order valence-electron chi connectivity index (χ2n) is 4.50. The van der Waals surface area contributed by atoms with Crippen molar-refractivity contribution in [2.24, 2.45) is 0 Å². The standard InChI is InChI=1S/C15H18FN3O/c1-4-7-17-15-18-9-13(16)14(19-15)12-6-5-11(20-3)8-10(12)2/h5-6,8-9H,4,7H2,1-3H3,(H,17,18,19). The van der Waals surface area contributed by atoms with Crippen molar-refractivity contribution in [1.29, 1.82) is 0 Å². The van der Waals surface area contributed by atoms with Crippen molar-refractivity contribution >= 4 is 5.95 Å². The van der Waals surface area contributed by atoms with Crippen LogP contribution in [0.5, 0.6) is 5.75 Å². The van der Waals surface area contributed by atoms with E-state index >= 15 is 0 Å². The van der Waals surface area contributed by atoms with Gasteiger partial charge in [0.1, 0.15) is 11.4 Å². The molecule has 4 nitrogen and oxygen atoms in total. The van der Waals surface area contributed by atoms with Gasteiger partial charge >= 0.3 is 0 Å². The average Bonchev–Trinajstić information content (AvgIpc) is 2.46. The molecule has 0 unspecified atom stereocenters. The molecule has 1 aromatic carbocycles. The number of benzene rings is 1. The molecule has 0 bridgehead atoms. The van der Waals surface area contributed by atoms with Crippen LogP contribution in [0.4, 0.5) is 10.3 Å². The zero-order valence-electron chi connectivity index (χ0n) is 11.9. The fourth-order valence-corrected chi connectivity index (χ4v) is 1.91. The van der Waals surface area contributed by atoms with Gasteiger partial charge in [-0.3, -0.25) is 0 Å². The van der Waals surface area contributed by atoms with Crippen molar-refractivity contribution < 1.29 is 9.13 Å². The lowest BCUT2D eigenvalue weighted by atomic mass is 10.0. The van der Waals surface area contributed by atoms with Gasteiger partial charge in [-0.25, -0.2) is 14.4 Å². The molecule has 0 fully saturated rings. The number of ether oxygens (including phenoxy) is 1. The summed E-state index contributed by atoms with van der Waals surface area (Å²) in [7, 11) is 1.60. The van der Waals surface area contributed by atoms with E-state index in [9.17, 15) is 4.39 Å². The molecule has 1 aromatic heterocycles. The third-order valence-corrected chi connectivity index (χ3v) is 2.97. The first-order valence-corrected chi connectivity index (χ1v) is 6.57. The van der Waals surface area contributed by atoms with E-state index in [1.165, 1.54) is 6.20 Å². The van der Waals surface area contributed by atoms with Gasteiger partial charge in [0.15, 0.2) is 5.82 Å². The number of hydrogen-bond donors (Lipinski definition) is 1. The van der Waals surface area contributed by atoms with Gasteiger partial charge in [-0.15, -0.1) is 0 Å². The number of aromatic nitrogens is 2. The van der Waals surface area contributed by atoms with Crippen molar-refractivity contribution in [3.63, 3.8) is 0 Å². The summed E-state index contributed by atoms with van der Waals surface area (Å²) in [5.41, 5.74) is 1.95. The van der Waals surface area contributed by atoms with E-state index in [2.05, 4.69) is 15.3 Å². The molecule has 0 saturated carbocycles. The zero-order chi connectivity index (χ0) is 14.5. The Labute approximate surface area is 118 Å². The van der Waals surface area contributed by atoms with E-state index in [4.69, 9.17) is 4.74 Å². The Bertz CT molecular complexity index is 602. The first-order chi connectivity index (χ1) is 9.65. The summed E-state index contributed by atoms with van der Waals surface area (Å²) in [6.45, 7) is 4.70. The quantitative estimate of drug-likeness (QED) is 0.908. The van der Waals surface area contributed by atoms with Crippen LogP contribution in [0.3, 0.4) is 0 Å². The summed E-state index contributed by atoms with van der Waals surface area (Å²) in [5, 5.41) is 3.06. The van der Waals surface area contributed by atoms with Gasteiger partial charge < -0.3 is 10.1 Å². The summed E-state index contributed by atoms with van der Waals surface area (Å²) in [6, 6.07) is 5.46. The zero-order valence-corrected chi connectivity index (χ0v) is 11.9. The second kappa shape index (κ2) is 6.32. The van der Waals surface area contributed by atoms with Crippen molar-refractivity contribution in [2.75, 3.05) is 19.0 Å². The molecule has 1 N–H and O–H groups in total. The average molecular weight is 275 g/mol. The van der Waals surface area contributed by atoms with Crippen molar-refractivity contribution in [3.8, 4) is 17.0 Å². The van der Waals surface area contributed by atoms with E-state index in [0.717, 1.165) is 29.8 Å². The fraction of sp³-hybridized carbons (Fsp3) is 0.333. The Morgan fingerprint density at radius 1 is 1.35 bits per heavy atom. The SMILES string of the molecule is CCCNc1ncc(F)c(-c2ccc(OC)cc2C)n1. The van der Waals surface area contributed by atoms with E-state index < -0.39 is 5.82 Å². The molecular weight excluding hydrogens is 257 g/mol. The molecule has 0 radical (unpaired) electrons. The van der Waals surface area contributed by atoms with Crippen LogP contribution in [-0.4, -0.2) is 23.6 Å². The van der Waals surface area contributed by atoms with Crippen LogP contribution < -0.4 is 10.1 Å². The molecule has 0 atom stereocenters. The van der Waals surface area contributed by atoms with Gasteiger partial charge in [0, 0.05) is 12.1 Å². The monoisotopic (exact) mass is 275 g/mol. The first-order valence-electron chi connectivity index (χ1n) is 6.57. The van der Waals surface area contributed by atoms with Crippen LogP contribution in [0, 0.1) is 12.7 Å². The molecular formula is C15H18FN3O. The highest BCUT2D eigenvalue weighted by molar-refractivity contribution is 5.66. The summed E-state index contributed by atoms with van der Waals surface area (Å²) in [5.74, 6) is 0.754. The molecule has 0 aliphatic rings. The molecule has 1 heterocycles. The fourth-order valence-electron chi connectivity index (χ4n) is 1.91. The molecule has 0 aliphatic heterocycles. The number of halogens is 1. The molecule has 20 heavy (non-hydrogen) atoms. The Hall–Kier alpha value is -2.17. The maximum absolute atomic E-state index is 14.0. The Morgan fingerprint density at radius 2 is 2.15 bits per heavy atom. The second-order valence-corrected chi connectivity index (χ2v) is 4.50. The minimum absolute atomic E-state index is 0.304. The Morgan fingerprint density at radius 3 is 2.80 bits per heavy atom. The highest BCUT2D eigenvalue weighted by Gasteiger charge is 2.12. The van der Waals surface area contributed by atoms with Gasteiger partial charge in [0.05, 0.1) is 13.3 Å². The largest absolute Gasteiger partial charge is 0.497 e. The molecule has 0 aliphatic carbocycles. The number of aryl methyl sites for hydroxylation is 1. The molecule has 2 aromatic rings. The number of nitrogens with zero attached hydrogens (tertiary/aromatic N) is 2. The van der Waals surface area contributed by atoms with Crippen LogP contribution in [0.2, 0.25) is 0 Å². The van der Waals surface area contributed by atoms with Gasteiger partial charge in [-0.2, -0.15) is 0 Å². The number of rotatable bonds is 5. The minimum atomic E-state index is -0.430. The van der Waals surface area contributed by atoms with Crippen molar-refractivity contribution in [2.45, 2.75) is 20.3 Å². The van der Waals surface area contributed by atoms with Crippen LogP contribution in [0.15, 0.2) is 24.4 Å². The van der Waals surface area contributed by atoms with Crippen molar-refractivity contribution in [1.82, 2.24) is 9.97 Å². The predicted octanol–water partition coefficient (Wildman–Crippen LogP) is 3.42. The highest BCUT2D eigenvalue weighted by Crippen LogP contribution is 2.27. The predicted molar refractivity (Wildman–Crippen MR) is 77.5 cm³/mol. The molecule has 0 saturated heterocycles. The number of nitrogens with one attached hydrogen (secondary N) is 1. The van der Waals surface area contributed by atoms with Gasteiger partial charge in [-0.05, 0) is 37.1 Å². The highest BCUT2D eigenvalue weighted by atomic mass is 19.1. The molecule has 106 valence electrons. The molecule has 0 spiro atoms. The smallest absolute Gasteiger partial charge is 0.223 e. The van der Waals surface area contributed by atoms with Gasteiger partial charge in [-0.1, -0.05) is 6.92 Å². The topological polar surface area (TPSA) is 47.0 Å². The minimum Gasteiger partial charge on any atom is -0.497 e. The maximum Gasteiger partial charge on any atom is 0.223 e. The number of methoxy groups -OCH3 is 1. The summed E-state index contributed by atoms with van der Waals surface area (Å²) < 4.78 is 19.1. The summed E-state index contributed by atoms with van der Waals surface area (Å²) in [6.07, 6.45) is 2.15. The van der Waals surface area contributed by atoms with E-state index in [1.807, 2.05) is 26.0 Å². The number of hydrogen-bond acceptors (Lipinski definition) is 4. The summed E-state index contributed by atoms with van der Waals surface area (Å²) >= 11 is 0. The first kappa shape index (κ1) is 14.2.